The number of pyridine rings is 1. The molecular formula is C28H36Br2N2O2S. The van der Waals surface area contributed by atoms with Crippen LogP contribution in [0.25, 0.3) is 5.57 Å². The molecule has 4 nitrogen and oxygen atoms in total. The first-order valence-electron chi connectivity index (χ1n) is 11.8. The minimum atomic E-state index is 0.135. The van der Waals surface area contributed by atoms with E-state index in [9.17, 15) is 9.90 Å². The summed E-state index contributed by atoms with van der Waals surface area (Å²) in [6.45, 7) is 10.9. The Balaban J connectivity index is 0.000000473. The first-order chi connectivity index (χ1) is 16.6. The number of amides is 1. The van der Waals surface area contributed by atoms with Crippen molar-refractivity contribution in [3.05, 3.63) is 73.5 Å². The largest absolute Gasteiger partial charge is 0.507 e. The van der Waals surface area contributed by atoms with E-state index in [-0.39, 0.29) is 11.7 Å². The van der Waals surface area contributed by atoms with Gasteiger partial charge in [0.15, 0.2) is 0 Å². The Bertz CT molecular complexity index is 1090. The summed E-state index contributed by atoms with van der Waals surface area (Å²) in [6.07, 6.45) is 10.5. The second kappa shape index (κ2) is 14.2. The number of hydrogen-bond donors (Lipinski definition) is 1. The minimum absolute atomic E-state index is 0.135. The van der Waals surface area contributed by atoms with Gasteiger partial charge >= 0.3 is 0 Å². The van der Waals surface area contributed by atoms with Crippen molar-refractivity contribution in [3.63, 3.8) is 0 Å². The molecule has 2 aliphatic rings. The van der Waals surface area contributed by atoms with Gasteiger partial charge in [0.25, 0.3) is 0 Å². The molecule has 2 heterocycles. The van der Waals surface area contributed by atoms with E-state index >= 15 is 0 Å². The summed E-state index contributed by atoms with van der Waals surface area (Å²) in [4.78, 5) is 18.4. The predicted octanol–water partition coefficient (Wildman–Crippen LogP) is 7.81. The van der Waals surface area contributed by atoms with Crippen LogP contribution in [0.4, 0.5) is 0 Å². The lowest BCUT2D eigenvalue weighted by Crippen LogP contribution is -2.34. The number of aryl methyl sites for hydroxylation is 1. The van der Waals surface area contributed by atoms with Crippen molar-refractivity contribution in [1.29, 1.82) is 0 Å². The van der Waals surface area contributed by atoms with Crippen LogP contribution in [0.5, 0.6) is 5.75 Å². The number of allylic oxidation sites excluding steroid dienone is 1. The highest BCUT2D eigenvalue weighted by Gasteiger charge is 2.27. The fourth-order valence-corrected chi connectivity index (χ4v) is 4.99. The third kappa shape index (κ3) is 7.96. The van der Waals surface area contributed by atoms with Crippen LogP contribution in [0.15, 0.2) is 51.1 Å². The van der Waals surface area contributed by atoms with Gasteiger partial charge in [0.2, 0.25) is 5.91 Å². The van der Waals surface area contributed by atoms with Crippen molar-refractivity contribution in [2.45, 2.75) is 52.9 Å². The molecular weight excluding hydrogens is 588 g/mol. The van der Waals surface area contributed by atoms with E-state index in [0.717, 1.165) is 71.0 Å². The highest BCUT2D eigenvalue weighted by molar-refractivity contribution is 9.10. The molecule has 1 aromatic heterocycles. The van der Waals surface area contributed by atoms with E-state index in [4.69, 9.17) is 4.98 Å². The van der Waals surface area contributed by atoms with E-state index in [2.05, 4.69) is 51.4 Å². The fourth-order valence-electron chi connectivity index (χ4n) is 4.07. The number of benzene rings is 1. The Morgan fingerprint density at radius 2 is 1.74 bits per heavy atom. The van der Waals surface area contributed by atoms with Gasteiger partial charge in [-0.2, -0.15) is 11.8 Å². The van der Waals surface area contributed by atoms with Crippen LogP contribution in [0.1, 0.15) is 62.4 Å². The number of likely N-dealkylation sites (tertiary alicyclic amines) is 1. The molecule has 190 valence electrons. The maximum absolute atomic E-state index is 11.7. The molecule has 1 aromatic carbocycles. The number of fused-ring (bicyclic) bond motifs is 2. The molecule has 1 aliphatic carbocycles. The summed E-state index contributed by atoms with van der Waals surface area (Å²) in [6, 6.07) is 5.90. The van der Waals surface area contributed by atoms with Crippen LogP contribution in [-0.4, -0.2) is 46.5 Å². The number of thioether (sulfide) groups is 1. The molecule has 35 heavy (non-hydrogen) atoms. The van der Waals surface area contributed by atoms with E-state index in [1.54, 1.807) is 24.8 Å². The zero-order valence-electron chi connectivity index (χ0n) is 21.4. The van der Waals surface area contributed by atoms with Crippen LogP contribution in [0.2, 0.25) is 0 Å². The second-order valence-electron chi connectivity index (χ2n) is 8.79. The molecule has 4 rings (SSSR count). The molecule has 1 amide bonds. The quantitative estimate of drug-likeness (QED) is 0.329. The van der Waals surface area contributed by atoms with Crippen molar-refractivity contribution in [1.82, 2.24) is 9.88 Å². The summed E-state index contributed by atoms with van der Waals surface area (Å²) in [5.74, 6) is 0.403. The zero-order valence-corrected chi connectivity index (χ0v) is 25.4. The molecule has 0 bridgehead atoms. The number of hydrogen-bond acceptors (Lipinski definition) is 4. The second-order valence-corrected chi connectivity index (χ2v) is 11.3. The van der Waals surface area contributed by atoms with Crippen LogP contribution in [-0.2, 0) is 17.6 Å². The molecule has 7 heteroatoms. The Morgan fingerprint density at radius 1 is 1.14 bits per heavy atom. The van der Waals surface area contributed by atoms with Gasteiger partial charge < -0.3 is 10.0 Å². The average molecular weight is 624 g/mol. The molecule has 1 aliphatic heterocycles. The lowest BCUT2D eigenvalue weighted by atomic mass is 9.88. The Morgan fingerprint density at radius 3 is 2.29 bits per heavy atom. The molecule has 2 aromatic rings. The number of piperidine rings is 1. The van der Waals surface area contributed by atoms with Crippen molar-refractivity contribution in [2.75, 3.05) is 25.6 Å². The van der Waals surface area contributed by atoms with E-state index in [1.807, 2.05) is 36.6 Å². The van der Waals surface area contributed by atoms with Gasteiger partial charge in [0.1, 0.15) is 5.75 Å². The Kier molecular flexibility index (Phi) is 12.1. The average Bonchev–Trinajstić information content (AvgIpc) is 2.99. The number of carbonyl (C=O) groups excluding carboxylic acids is 1. The first kappa shape index (κ1) is 29.7. The molecule has 1 saturated heterocycles. The van der Waals surface area contributed by atoms with Gasteiger partial charge in [-0.15, -0.1) is 6.58 Å². The molecule has 1 N–H and O–H groups in total. The predicted molar refractivity (Wildman–Crippen MR) is 157 cm³/mol. The lowest BCUT2D eigenvalue weighted by Gasteiger charge is -2.29. The van der Waals surface area contributed by atoms with E-state index < -0.39 is 0 Å². The van der Waals surface area contributed by atoms with Gasteiger partial charge in [0.05, 0.1) is 10.2 Å². The van der Waals surface area contributed by atoms with Gasteiger partial charge in [-0.1, -0.05) is 24.1 Å². The number of aromatic nitrogens is 1. The van der Waals surface area contributed by atoms with Crippen molar-refractivity contribution < 1.29 is 9.90 Å². The lowest BCUT2D eigenvalue weighted by molar-refractivity contribution is -0.129. The molecule has 0 atom stereocenters. The maximum Gasteiger partial charge on any atom is 0.219 e. The van der Waals surface area contributed by atoms with Crippen LogP contribution < -0.4 is 0 Å². The van der Waals surface area contributed by atoms with E-state index in [1.165, 1.54) is 22.3 Å². The smallest absolute Gasteiger partial charge is 0.219 e. The normalized spacial score (nSPS) is 14.4. The maximum atomic E-state index is 11.7. The fraction of sp³-hybridized carbons (Fsp3) is 0.429. The molecule has 0 radical (unpaired) electrons. The summed E-state index contributed by atoms with van der Waals surface area (Å²) in [5, 5.41) is 10.2. The number of phenols is 1. The van der Waals surface area contributed by atoms with Crippen LogP contribution in [0, 0.1) is 0 Å². The van der Waals surface area contributed by atoms with Crippen molar-refractivity contribution >= 4 is 55.1 Å². The topological polar surface area (TPSA) is 53.4 Å². The van der Waals surface area contributed by atoms with Gasteiger partial charge in [-0.25, -0.2) is 0 Å². The van der Waals surface area contributed by atoms with Crippen molar-refractivity contribution in [2.24, 2.45) is 0 Å². The number of carbonyl (C=O) groups is 1. The Hall–Kier alpha value is -1.57. The summed E-state index contributed by atoms with van der Waals surface area (Å²) in [5.41, 5.74) is 8.27. The molecule has 0 saturated carbocycles. The van der Waals surface area contributed by atoms with Crippen molar-refractivity contribution in [3.8, 4) is 5.75 Å². The zero-order chi connectivity index (χ0) is 26.1. The number of nitrogens with zero attached hydrogens (tertiary/aromatic N) is 2. The highest BCUT2D eigenvalue weighted by Crippen LogP contribution is 2.42. The summed E-state index contributed by atoms with van der Waals surface area (Å²) >= 11 is 8.88. The third-order valence-corrected chi connectivity index (χ3v) is 7.39. The number of aromatic hydroxyl groups is 1. The van der Waals surface area contributed by atoms with Crippen LogP contribution >= 0.6 is 43.6 Å². The monoisotopic (exact) mass is 622 g/mol. The van der Waals surface area contributed by atoms with Gasteiger partial charge in [-0.05, 0) is 112 Å². The summed E-state index contributed by atoms with van der Waals surface area (Å²) in [7, 11) is 0. The molecule has 0 spiro atoms. The van der Waals surface area contributed by atoms with Gasteiger partial charge in [-0.3, -0.25) is 9.78 Å². The number of halogens is 2. The minimum Gasteiger partial charge on any atom is -0.507 e. The first-order valence-corrected chi connectivity index (χ1v) is 15.0. The standard InChI is InChI=1S/C21H20Br2N2O2.C5H10.C2H6S/c1-12(26)25-8-6-13(7-9-25)19-16-4-5-18(27)20(23)17(16)3-2-14-10-15(22)11-24-21(14)19;1-4-5(2)3;1-3-2/h4-5,10-11,27H,2-3,6-9H2,1H3;2,4H2,1,3H3;1-2H3. The molecule has 1 fully saturated rings. The molecule has 0 unspecified atom stereocenters. The number of phenolic OH excluding ortho intramolecular Hbond substituents is 1. The SMILES string of the molecule is C=C(C)CC.CC(=O)N1CCC(=C2c3ccc(O)c(Br)c3CCc3cc(Br)cnc32)CC1.CSC. The Labute approximate surface area is 231 Å². The van der Waals surface area contributed by atoms with Crippen LogP contribution in [0.3, 0.4) is 0 Å². The summed E-state index contributed by atoms with van der Waals surface area (Å²) < 4.78 is 1.75. The highest BCUT2D eigenvalue weighted by atomic mass is 79.9. The van der Waals surface area contributed by atoms with Gasteiger partial charge in [0, 0.05) is 36.3 Å². The number of rotatable bonds is 1. The van der Waals surface area contributed by atoms with E-state index in [0.29, 0.717) is 0 Å². The third-order valence-electron chi connectivity index (χ3n) is 6.08.